The molecule has 2 atom stereocenters. The summed E-state index contributed by atoms with van der Waals surface area (Å²) in [6, 6.07) is 3.98. The van der Waals surface area contributed by atoms with Gasteiger partial charge in [0.05, 0.1) is 10.8 Å². The number of rotatable bonds is 3. The zero-order chi connectivity index (χ0) is 13.6. The van der Waals surface area contributed by atoms with Gasteiger partial charge in [0, 0.05) is 18.2 Å². The number of fused-ring (bicyclic) bond motifs is 2. The molecule has 19 heavy (non-hydrogen) atoms. The van der Waals surface area contributed by atoms with Crippen molar-refractivity contribution in [1.29, 1.82) is 0 Å². The molecule has 1 aromatic rings. The summed E-state index contributed by atoms with van der Waals surface area (Å²) in [7, 11) is -3.51. The van der Waals surface area contributed by atoms with E-state index >= 15 is 0 Å². The maximum atomic E-state index is 13.4. The minimum Gasteiger partial charge on any atom is -0.207 e. The summed E-state index contributed by atoms with van der Waals surface area (Å²) in [6.45, 7) is 0.598. The number of benzene rings is 1. The summed E-state index contributed by atoms with van der Waals surface area (Å²) in [5, 5.41) is 0. The zero-order valence-electron chi connectivity index (χ0n) is 10.4. The predicted octanol–water partition coefficient (Wildman–Crippen LogP) is 2.74. The number of alkyl halides is 1. The molecule has 0 amide bonds. The molecule has 3 nitrogen and oxygen atoms in total. The highest BCUT2D eigenvalue weighted by atomic mass is 35.5. The van der Waals surface area contributed by atoms with E-state index in [0.29, 0.717) is 12.5 Å². The normalized spacial score (nSPS) is 27.1. The van der Waals surface area contributed by atoms with E-state index in [1.54, 1.807) is 4.31 Å². The molecule has 2 bridgehead atoms. The highest BCUT2D eigenvalue weighted by Gasteiger charge is 2.44. The van der Waals surface area contributed by atoms with Gasteiger partial charge in [-0.2, -0.15) is 4.31 Å². The SMILES string of the molecule is O=S(=O)(c1ccc(F)c(CCl)c1)N1CC2CCC1C2. The fraction of sp³-hybridized carbons (Fsp3) is 0.538. The van der Waals surface area contributed by atoms with Crippen LogP contribution in [0.1, 0.15) is 24.8 Å². The molecule has 1 aliphatic carbocycles. The van der Waals surface area contributed by atoms with Gasteiger partial charge in [-0.25, -0.2) is 12.8 Å². The van der Waals surface area contributed by atoms with Crippen molar-refractivity contribution < 1.29 is 12.8 Å². The minimum atomic E-state index is -3.51. The van der Waals surface area contributed by atoms with Crippen LogP contribution in [0.4, 0.5) is 4.39 Å². The van der Waals surface area contributed by atoms with E-state index in [1.165, 1.54) is 18.2 Å². The van der Waals surface area contributed by atoms with Crippen LogP contribution in [0.5, 0.6) is 0 Å². The second-order valence-electron chi connectivity index (χ2n) is 5.29. The molecule has 3 rings (SSSR count). The number of halogens is 2. The molecule has 2 unspecified atom stereocenters. The van der Waals surface area contributed by atoms with Crippen LogP contribution in [-0.2, 0) is 15.9 Å². The Bertz CT molecular complexity index is 605. The van der Waals surface area contributed by atoms with Crippen molar-refractivity contribution in [2.24, 2.45) is 5.92 Å². The topological polar surface area (TPSA) is 37.4 Å². The second kappa shape index (κ2) is 4.72. The Hall–Kier alpha value is -0.650. The molecule has 2 aliphatic rings. The maximum absolute atomic E-state index is 13.4. The molecule has 1 aromatic carbocycles. The van der Waals surface area contributed by atoms with E-state index in [9.17, 15) is 12.8 Å². The molecule has 1 heterocycles. The lowest BCUT2D eigenvalue weighted by Gasteiger charge is -2.26. The molecule has 104 valence electrons. The lowest BCUT2D eigenvalue weighted by atomic mass is 10.1. The first-order chi connectivity index (χ1) is 9.02. The van der Waals surface area contributed by atoms with Crippen molar-refractivity contribution in [2.45, 2.75) is 36.1 Å². The summed E-state index contributed by atoms with van der Waals surface area (Å²) < 4.78 is 40.1. The first-order valence-electron chi connectivity index (χ1n) is 6.38. The van der Waals surface area contributed by atoms with E-state index in [-0.39, 0.29) is 22.4 Å². The Labute approximate surface area is 117 Å². The average Bonchev–Trinajstić information content (AvgIpc) is 3.01. The van der Waals surface area contributed by atoms with Crippen LogP contribution in [0.2, 0.25) is 0 Å². The monoisotopic (exact) mass is 303 g/mol. The molecule has 0 radical (unpaired) electrons. The van der Waals surface area contributed by atoms with Crippen LogP contribution >= 0.6 is 11.6 Å². The molecule has 1 aliphatic heterocycles. The highest BCUT2D eigenvalue weighted by Crippen LogP contribution is 2.40. The third kappa shape index (κ3) is 2.18. The molecular weight excluding hydrogens is 289 g/mol. The summed E-state index contributed by atoms with van der Waals surface area (Å²) in [5.41, 5.74) is 0.229. The zero-order valence-corrected chi connectivity index (χ0v) is 11.9. The first-order valence-corrected chi connectivity index (χ1v) is 8.36. The molecule has 6 heteroatoms. The Morgan fingerprint density at radius 2 is 2.16 bits per heavy atom. The third-order valence-corrected chi connectivity index (χ3v) is 6.33. The van der Waals surface area contributed by atoms with Crippen LogP contribution < -0.4 is 0 Å². The Balaban J connectivity index is 1.96. The van der Waals surface area contributed by atoms with Gasteiger partial charge in [0.2, 0.25) is 10.0 Å². The second-order valence-corrected chi connectivity index (χ2v) is 7.45. The molecule has 0 N–H and O–H groups in total. The van der Waals surface area contributed by atoms with Gasteiger partial charge in [0.1, 0.15) is 5.82 Å². The molecule has 2 fully saturated rings. The summed E-state index contributed by atoms with van der Waals surface area (Å²) >= 11 is 5.63. The van der Waals surface area contributed by atoms with Crippen molar-refractivity contribution in [3.63, 3.8) is 0 Å². The minimum absolute atomic E-state index is 0.0265. The fourth-order valence-corrected chi connectivity index (χ4v) is 5.12. The van der Waals surface area contributed by atoms with Gasteiger partial charge < -0.3 is 0 Å². The van der Waals surface area contributed by atoms with Crippen molar-refractivity contribution >= 4 is 21.6 Å². The third-order valence-electron chi connectivity index (χ3n) is 4.13. The van der Waals surface area contributed by atoms with E-state index in [2.05, 4.69) is 0 Å². The van der Waals surface area contributed by atoms with Gasteiger partial charge in [-0.1, -0.05) is 0 Å². The summed E-state index contributed by atoms with van der Waals surface area (Å²) in [6.07, 6.45) is 3.02. The first kappa shape index (κ1) is 13.3. The Kier molecular flexibility index (Phi) is 3.31. The quantitative estimate of drug-likeness (QED) is 0.805. The largest absolute Gasteiger partial charge is 0.243 e. The maximum Gasteiger partial charge on any atom is 0.243 e. The molecule has 1 saturated carbocycles. The van der Waals surface area contributed by atoms with Gasteiger partial charge >= 0.3 is 0 Å². The lowest BCUT2D eigenvalue weighted by molar-refractivity contribution is 0.333. The summed E-state index contributed by atoms with van der Waals surface area (Å²) in [4.78, 5) is 0.150. The summed E-state index contributed by atoms with van der Waals surface area (Å²) in [5.74, 6) is 0.00551. The van der Waals surface area contributed by atoms with Crippen LogP contribution in [0.25, 0.3) is 0 Å². The standard InChI is InChI=1S/C13H15ClFNO2S/c14-7-10-6-12(3-4-13(10)15)19(17,18)16-8-9-1-2-11(16)5-9/h3-4,6,9,11H,1-2,5,7-8H2. The van der Waals surface area contributed by atoms with E-state index in [1.807, 2.05) is 0 Å². The number of hydrogen-bond donors (Lipinski definition) is 0. The van der Waals surface area contributed by atoms with Crippen molar-refractivity contribution in [2.75, 3.05) is 6.54 Å². The van der Waals surface area contributed by atoms with Crippen LogP contribution in [-0.4, -0.2) is 25.3 Å². The van der Waals surface area contributed by atoms with Crippen LogP contribution in [0.15, 0.2) is 23.1 Å². The number of sulfonamides is 1. The predicted molar refractivity (Wildman–Crippen MR) is 71.0 cm³/mol. The Morgan fingerprint density at radius 3 is 2.74 bits per heavy atom. The Morgan fingerprint density at radius 1 is 1.37 bits per heavy atom. The van der Waals surface area contributed by atoms with E-state index in [0.717, 1.165) is 19.3 Å². The average molecular weight is 304 g/mol. The van der Waals surface area contributed by atoms with Crippen LogP contribution in [0, 0.1) is 11.7 Å². The van der Waals surface area contributed by atoms with Gasteiger partial charge in [-0.05, 0) is 43.4 Å². The number of piperidine rings is 1. The van der Waals surface area contributed by atoms with Crippen LogP contribution in [0.3, 0.4) is 0 Å². The number of hydrogen-bond acceptors (Lipinski definition) is 2. The van der Waals surface area contributed by atoms with Gasteiger partial charge in [0.25, 0.3) is 0 Å². The van der Waals surface area contributed by atoms with Gasteiger partial charge in [0.15, 0.2) is 0 Å². The molecular formula is C13H15ClFNO2S. The van der Waals surface area contributed by atoms with Gasteiger partial charge in [-0.3, -0.25) is 0 Å². The molecule has 0 aromatic heterocycles. The van der Waals surface area contributed by atoms with Crippen molar-refractivity contribution in [3.8, 4) is 0 Å². The lowest BCUT2D eigenvalue weighted by Crippen LogP contribution is -2.37. The number of nitrogens with zero attached hydrogens (tertiary/aromatic N) is 1. The molecule has 0 spiro atoms. The molecule has 1 saturated heterocycles. The van der Waals surface area contributed by atoms with Crippen molar-refractivity contribution in [3.05, 3.63) is 29.6 Å². The van der Waals surface area contributed by atoms with Gasteiger partial charge in [-0.15, -0.1) is 11.6 Å². The van der Waals surface area contributed by atoms with E-state index in [4.69, 9.17) is 11.6 Å². The highest BCUT2D eigenvalue weighted by molar-refractivity contribution is 7.89. The van der Waals surface area contributed by atoms with Crippen molar-refractivity contribution in [1.82, 2.24) is 4.31 Å². The van der Waals surface area contributed by atoms with E-state index < -0.39 is 15.8 Å². The smallest absolute Gasteiger partial charge is 0.207 e. The fourth-order valence-electron chi connectivity index (χ4n) is 3.12.